The van der Waals surface area contributed by atoms with Crippen molar-refractivity contribution in [1.82, 2.24) is 24.7 Å². The van der Waals surface area contributed by atoms with Crippen LogP contribution in [0.1, 0.15) is 59.6 Å². The molecule has 2 aliphatic rings. The molecule has 1 fully saturated rings. The zero-order valence-electron chi connectivity index (χ0n) is 20.3. The molecule has 5 aromatic rings. The first kappa shape index (κ1) is 22.9. The predicted octanol–water partition coefficient (Wildman–Crippen LogP) is 5.70. The van der Waals surface area contributed by atoms with Crippen LogP contribution in [0.5, 0.6) is 5.75 Å². The smallest absolute Gasteiger partial charge is 0.439 e. The van der Waals surface area contributed by atoms with Crippen LogP contribution in [0.25, 0.3) is 22.3 Å². The van der Waals surface area contributed by atoms with Gasteiger partial charge < -0.3 is 9.30 Å². The van der Waals surface area contributed by atoms with E-state index in [9.17, 15) is 9.18 Å². The molecule has 190 valence electrons. The summed E-state index contributed by atoms with van der Waals surface area (Å²) >= 11 is 6.44. The van der Waals surface area contributed by atoms with Crippen LogP contribution >= 0.6 is 11.6 Å². The Balaban J connectivity index is 1.36. The number of fused-ring (bicyclic) bond motifs is 3. The van der Waals surface area contributed by atoms with Gasteiger partial charge in [0.25, 0.3) is 0 Å². The van der Waals surface area contributed by atoms with E-state index in [1.165, 1.54) is 12.1 Å². The first-order chi connectivity index (χ1) is 18.5. The zero-order valence-corrected chi connectivity index (χ0v) is 21.1. The number of aromatic amines is 1. The minimum atomic E-state index is -0.646. The largest absolute Gasteiger partial charge is 0.488 e. The Bertz CT molecular complexity index is 1830. The first-order valence-corrected chi connectivity index (χ1v) is 12.7. The summed E-state index contributed by atoms with van der Waals surface area (Å²) < 4.78 is 27.1. The molecule has 1 N–H and O–H groups in total. The fourth-order valence-electron chi connectivity index (χ4n) is 5.14. The van der Waals surface area contributed by atoms with Gasteiger partial charge in [0.05, 0.1) is 11.6 Å². The van der Waals surface area contributed by atoms with E-state index >= 15 is 0 Å². The third-order valence-electron chi connectivity index (χ3n) is 7.10. The molecule has 8 nitrogen and oxygen atoms in total. The molecule has 0 unspecified atom stereocenters. The molecule has 1 saturated carbocycles. The Labute approximate surface area is 220 Å². The molecule has 4 heterocycles. The van der Waals surface area contributed by atoms with Crippen molar-refractivity contribution >= 4 is 33.9 Å². The van der Waals surface area contributed by atoms with E-state index < -0.39 is 11.6 Å². The number of aromatic nitrogens is 5. The van der Waals surface area contributed by atoms with E-state index in [4.69, 9.17) is 25.8 Å². The summed E-state index contributed by atoms with van der Waals surface area (Å²) in [5.41, 5.74) is 6.51. The van der Waals surface area contributed by atoms with Gasteiger partial charge in [0.2, 0.25) is 0 Å². The summed E-state index contributed by atoms with van der Waals surface area (Å²) in [6.07, 6.45) is 3.91. The Morgan fingerprint density at radius 3 is 2.82 bits per heavy atom. The summed E-state index contributed by atoms with van der Waals surface area (Å²) in [6.45, 7) is 2.66. The lowest BCUT2D eigenvalue weighted by molar-refractivity contribution is 0.305. The molecule has 2 aromatic carbocycles. The van der Waals surface area contributed by atoms with Crippen molar-refractivity contribution in [3.05, 3.63) is 104 Å². The average Bonchev–Trinajstić information content (AvgIpc) is 3.59. The number of hydrogen-bond acceptors (Lipinski definition) is 6. The van der Waals surface area contributed by atoms with E-state index in [0.29, 0.717) is 45.7 Å². The van der Waals surface area contributed by atoms with Gasteiger partial charge in [-0.2, -0.15) is 0 Å². The summed E-state index contributed by atoms with van der Waals surface area (Å²) in [4.78, 5) is 23.7. The van der Waals surface area contributed by atoms with Crippen molar-refractivity contribution < 1.29 is 13.7 Å². The third-order valence-corrected chi connectivity index (χ3v) is 7.41. The Kier molecular flexibility index (Phi) is 5.23. The van der Waals surface area contributed by atoms with E-state index in [2.05, 4.69) is 31.8 Å². The molecule has 1 aliphatic carbocycles. The molecule has 0 atom stereocenters. The number of benzene rings is 2. The first-order valence-electron chi connectivity index (χ1n) is 12.3. The van der Waals surface area contributed by atoms with Gasteiger partial charge in [0.15, 0.2) is 11.5 Å². The van der Waals surface area contributed by atoms with Crippen LogP contribution in [0.2, 0.25) is 5.02 Å². The molecule has 38 heavy (non-hydrogen) atoms. The van der Waals surface area contributed by atoms with Crippen molar-refractivity contribution in [2.75, 3.05) is 0 Å². The monoisotopic (exact) mass is 529 g/mol. The molecular formula is C28H21ClFN5O3. The maximum absolute atomic E-state index is 14.2. The number of allylic oxidation sites excluding steroid dienone is 1. The lowest BCUT2D eigenvalue weighted by atomic mass is 9.89. The molecule has 0 spiro atoms. The summed E-state index contributed by atoms with van der Waals surface area (Å²) in [7, 11) is 0. The normalized spacial score (nSPS) is 16.1. The minimum absolute atomic E-state index is 0.246. The number of pyridine rings is 1. The second-order valence-electron chi connectivity index (χ2n) is 9.66. The standard InChI is InChI=1S/C28H21ClFN5O3/c1-14(25-33-28(36)38-34-25)23-19-6-2-15(10-17(19)13-37-22-11-18(30)5-7-20(22)23)12-35-26(16-3-4-16)32-24-21(29)8-9-31-27(24)35/h2,5-11,16H,3-4,12-13H2,1H3,(H,33,34,36). The van der Waals surface area contributed by atoms with Crippen molar-refractivity contribution in [1.29, 1.82) is 0 Å². The summed E-state index contributed by atoms with van der Waals surface area (Å²) in [5.74, 6) is 1.09. The second-order valence-corrected chi connectivity index (χ2v) is 10.1. The molecule has 0 saturated heterocycles. The van der Waals surface area contributed by atoms with Crippen molar-refractivity contribution in [3.8, 4) is 5.75 Å². The van der Waals surface area contributed by atoms with Gasteiger partial charge in [0.1, 0.15) is 29.5 Å². The molecule has 1 aliphatic heterocycles. The second kappa shape index (κ2) is 8.66. The van der Waals surface area contributed by atoms with Gasteiger partial charge in [0, 0.05) is 29.3 Å². The van der Waals surface area contributed by atoms with Crippen molar-refractivity contribution in [2.45, 2.75) is 38.8 Å². The van der Waals surface area contributed by atoms with Gasteiger partial charge in [-0.1, -0.05) is 28.9 Å². The van der Waals surface area contributed by atoms with E-state index in [1.807, 2.05) is 13.0 Å². The molecule has 0 amide bonds. The van der Waals surface area contributed by atoms with Crippen molar-refractivity contribution in [2.24, 2.45) is 0 Å². The molecular weight excluding hydrogens is 509 g/mol. The van der Waals surface area contributed by atoms with Crippen LogP contribution in [0.3, 0.4) is 0 Å². The van der Waals surface area contributed by atoms with Crippen LogP contribution in [-0.2, 0) is 13.2 Å². The predicted molar refractivity (Wildman–Crippen MR) is 140 cm³/mol. The summed E-state index contributed by atoms with van der Waals surface area (Å²) in [6, 6.07) is 12.4. The minimum Gasteiger partial charge on any atom is -0.488 e. The quantitative estimate of drug-likeness (QED) is 0.321. The number of nitrogens with one attached hydrogen (secondary N) is 1. The molecule has 10 heteroatoms. The Morgan fingerprint density at radius 1 is 1.18 bits per heavy atom. The number of ether oxygens (including phenoxy) is 1. The van der Waals surface area contributed by atoms with E-state index in [0.717, 1.165) is 46.6 Å². The number of nitrogens with zero attached hydrogens (tertiary/aromatic N) is 4. The van der Waals surface area contributed by atoms with Gasteiger partial charge in [-0.25, -0.2) is 19.2 Å². The fourth-order valence-corrected chi connectivity index (χ4v) is 5.32. The third kappa shape index (κ3) is 3.81. The lowest BCUT2D eigenvalue weighted by Gasteiger charge is -2.15. The van der Waals surface area contributed by atoms with Gasteiger partial charge in [-0.3, -0.25) is 9.51 Å². The Hall–Kier alpha value is -4.24. The van der Waals surface area contributed by atoms with Crippen molar-refractivity contribution in [3.63, 3.8) is 0 Å². The van der Waals surface area contributed by atoms with Crippen LogP contribution in [0, 0.1) is 5.82 Å². The number of hydrogen-bond donors (Lipinski definition) is 1. The van der Waals surface area contributed by atoms with Crippen LogP contribution in [-0.4, -0.2) is 24.7 Å². The number of imidazole rings is 1. The molecule has 3 aromatic heterocycles. The van der Waals surface area contributed by atoms with E-state index in [1.54, 1.807) is 18.3 Å². The van der Waals surface area contributed by atoms with Crippen LogP contribution in [0.15, 0.2) is 58.0 Å². The highest BCUT2D eigenvalue weighted by Gasteiger charge is 2.31. The molecule has 0 bridgehead atoms. The lowest BCUT2D eigenvalue weighted by Crippen LogP contribution is -2.07. The Morgan fingerprint density at radius 2 is 2.03 bits per heavy atom. The molecule has 0 radical (unpaired) electrons. The number of rotatable bonds is 4. The average molecular weight is 530 g/mol. The van der Waals surface area contributed by atoms with Gasteiger partial charge >= 0.3 is 5.76 Å². The fraction of sp³-hybridized carbons (Fsp3) is 0.214. The topological polar surface area (TPSA) is 98.8 Å². The maximum atomic E-state index is 14.2. The number of H-pyrrole nitrogens is 1. The van der Waals surface area contributed by atoms with Gasteiger partial charge in [-0.05, 0) is 66.3 Å². The zero-order chi connectivity index (χ0) is 26.0. The highest BCUT2D eigenvalue weighted by Crippen LogP contribution is 2.43. The highest BCUT2D eigenvalue weighted by atomic mass is 35.5. The highest BCUT2D eigenvalue weighted by molar-refractivity contribution is 6.34. The van der Waals surface area contributed by atoms with Crippen LogP contribution < -0.4 is 10.5 Å². The maximum Gasteiger partial charge on any atom is 0.439 e. The van der Waals surface area contributed by atoms with E-state index in [-0.39, 0.29) is 6.61 Å². The van der Waals surface area contributed by atoms with Crippen LogP contribution in [0.4, 0.5) is 4.39 Å². The van der Waals surface area contributed by atoms with Gasteiger partial charge in [-0.15, -0.1) is 0 Å². The summed E-state index contributed by atoms with van der Waals surface area (Å²) in [5, 5.41) is 4.47. The SMILES string of the molecule is CC(=C1c2ccc(Cn3c(C4CC4)nc4c(Cl)ccnc43)cc2COc2cc(F)ccc21)c1noc(=O)[nH]1. The molecule has 7 rings (SSSR count). The number of halogens is 2.